The van der Waals surface area contributed by atoms with Crippen molar-refractivity contribution in [1.82, 2.24) is 31.1 Å². The monoisotopic (exact) mass is 1140 g/mol. The van der Waals surface area contributed by atoms with Crippen molar-refractivity contribution in [3.63, 3.8) is 0 Å². The number of nitrogens with two attached hydrogens (primary N) is 3. The molecule has 0 aromatic heterocycles. The first-order valence-electron chi connectivity index (χ1n) is 22.0. The molecule has 75 heavy (non-hydrogen) atoms. The molecule has 2 aromatic carbocycles. The van der Waals surface area contributed by atoms with Crippen molar-refractivity contribution in [3.05, 3.63) is 48.5 Å². The highest BCUT2D eigenvalue weighted by molar-refractivity contribution is 8.76. The molecular weight excluding hydrogens is 1080 g/mol. The standard InChI is InChI=1S/C41H59N11O19S4/c42-31(39(62)50-32(17-37(58)59)40(63)47-18-26(41(64)65)24-73-72-16-15-71-25-53)19-46-33(54)9-13-70-14-10-45-34(55)20-51(21-35(56)48-27-1-5-29(6-2-27)74(43,66)67)11-12-52(23-38(60)61)22-36(57)49-28-3-7-30(8-4-28)75(44,68)69/h1-8,25-26,31-32H,9-24,42H2,(H,45,55)(H,46,54)(H,47,63)(H,48,56)(H,49,57)(H,50,62)(H,58,59)(H,60,61)(H,64,65)(H2,43,66,67)(H2,44,68,69)/t26-,31-,32+/m0/s1. The molecule has 3 atom stereocenters. The highest BCUT2D eigenvalue weighted by atomic mass is 33.1. The molecule has 0 saturated heterocycles. The van der Waals surface area contributed by atoms with Gasteiger partial charge in [0.25, 0.3) is 6.47 Å². The normalized spacial score (nSPS) is 12.6. The third-order valence-corrected chi connectivity index (χ3v) is 13.9. The molecule has 2 aromatic rings. The number of sulfonamides is 2. The number of rotatable bonds is 38. The minimum Gasteiger partial charge on any atom is -0.481 e. The molecule has 34 heteroatoms. The van der Waals surface area contributed by atoms with Crippen LogP contribution in [0.5, 0.6) is 0 Å². The van der Waals surface area contributed by atoms with Gasteiger partial charge in [-0.1, -0.05) is 21.6 Å². The van der Waals surface area contributed by atoms with E-state index in [4.69, 9.17) is 20.7 Å². The van der Waals surface area contributed by atoms with Crippen molar-refractivity contribution in [3.8, 4) is 0 Å². The molecule has 6 amide bonds. The second-order valence-corrected chi connectivity index (χ2v) is 21.4. The number of aliphatic carboxylic acids is 3. The molecule has 0 aliphatic rings. The molecule has 0 aliphatic heterocycles. The van der Waals surface area contributed by atoms with E-state index in [1.807, 2.05) is 0 Å². The number of amides is 6. The smallest absolute Gasteiger partial charge is 0.317 e. The first-order chi connectivity index (χ1) is 35.3. The molecule has 30 nitrogen and oxygen atoms in total. The zero-order valence-corrected chi connectivity index (χ0v) is 43.1. The second kappa shape index (κ2) is 33.4. The van der Waals surface area contributed by atoms with Crippen LogP contribution in [0.15, 0.2) is 58.3 Å². The van der Waals surface area contributed by atoms with E-state index in [1.165, 1.54) is 44.9 Å². The van der Waals surface area contributed by atoms with Gasteiger partial charge < -0.3 is 62.4 Å². The molecule has 0 radical (unpaired) electrons. The first-order valence-corrected chi connectivity index (χ1v) is 27.6. The van der Waals surface area contributed by atoms with E-state index in [9.17, 15) is 80.1 Å². The summed E-state index contributed by atoms with van der Waals surface area (Å²) in [5.74, 6) is -9.32. The minimum absolute atomic E-state index is 0.0318. The number of anilines is 2. The lowest BCUT2D eigenvalue weighted by Crippen LogP contribution is -2.55. The Labute approximate surface area is 437 Å². The van der Waals surface area contributed by atoms with Crippen LogP contribution in [-0.4, -0.2) is 204 Å². The zero-order chi connectivity index (χ0) is 56.1. The Morgan fingerprint density at radius 3 is 1.67 bits per heavy atom. The van der Waals surface area contributed by atoms with Gasteiger partial charge in [0, 0.05) is 62.0 Å². The Morgan fingerprint density at radius 1 is 0.640 bits per heavy atom. The predicted molar refractivity (Wildman–Crippen MR) is 268 cm³/mol. The van der Waals surface area contributed by atoms with Gasteiger partial charge in [0.1, 0.15) is 18.7 Å². The van der Waals surface area contributed by atoms with Crippen molar-refractivity contribution < 1.29 is 89.6 Å². The number of primary sulfonamides is 2. The molecule has 0 spiro atoms. The molecule has 15 N–H and O–H groups in total. The number of carbonyl (C=O) groups excluding carboxylic acids is 7. The summed E-state index contributed by atoms with van der Waals surface area (Å²) in [5.41, 5.74) is 6.21. The molecule has 0 fully saturated rings. The van der Waals surface area contributed by atoms with Gasteiger partial charge in [-0.25, -0.2) is 27.1 Å². The van der Waals surface area contributed by atoms with E-state index >= 15 is 0 Å². The van der Waals surface area contributed by atoms with E-state index in [-0.39, 0.29) is 79.3 Å². The highest BCUT2D eigenvalue weighted by Gasteiger charge is 2.28. The molecule has 0 heterocycles. The van der Waals surface area contributed by atoms with Gasteiger partial charge in [-0.2, -0.15) is 0 Å². The van der Waals surface area contributed by atoms with E-state index in [2.05, 4.69) is 36.6 Å². The summed E-state index contributed by atoms with van der Waals surface area (Å²) < 4.78 is 56.4. The molecule has 0 saturated carbocycles. The number of nitrogens with zero attached hydrogens (tertiary/aromatic N) is 2. The van der Waals surface area contributed by atoms with E-state index in [0.717, 1.165) is 35.1 Å². The summed E-state index contributed by atoms with van der Waals surface area (Å²) in [6.45, 7) is -3.20. The number of ether oxygens (including phenoxy) is 2. The molecule has 0 aliphatic carbocycles. The number of benzene rings is 2. The van der Waals surface area contributed by atoms with Gasteiger partial charge >= 0.3 is 17.9 Å². The van der Waals surface area contributed by atoms with Crippen LogP contribution in [0.2, 0.25) is 0 Å². The molecule has 2 rings (SSSR count). The third-order valence-electron chi connectivity index (χ3n) is 9.61. The number of carboxylic acid groups (broad SMARTS) is 3. The van der Waals surface area contributed by atoms with Crippen LogP contribution in [-0.2, 0) is 77.5 Å². The average Bonchev–Trinajstić information content (AvgIpc) is 3.31. The van der Waals surface area contributed by atoms with Crippen molar-refractivity contribution in [2.24, 2.45) is 21.9 Å². The first kappa shape index (κ1) is 64.6. The Kier molecular flexibility index (Phi) is 28.8. The number of carbonyl (C=O) groups is 10. The molecule has 0 bridgehead atoms. The molecular formula is C41H59N11O19S4. The van der Waals surface area contributed by atoms with Gasteiger partial charge in [-0.3, -0.25) is 57.7 Å². The van der Waals surface area contributed by atoms with Crippen LogP contribution in [0.3, 0.4) is 0 Å². The number of hydrogen-bond acceptors (Lipinski definition) is 21. The lowest BCUT2D eigenvalue weighted by molar-refractivity contribution is -0.143. The lowest BCUT2D eigenvalue weighted by atomic mass is 10.1. The van der Waals surface area contributed by atoms with E-state index < -0.39 is 137 Å². The maximum atomic E-state index is 13.1. The summed E-state index contributed by atoms with van der Waals surface area (Å²) in [5, 5.41) is 53.1. The Balaban J connectivity index is 1.91. The quantitative estimate of drug-likeness (QED) is 0.0171. The fraction of sp³-hybridized carbons (Fsp3) is 0.463. The van der Waals surface area contributed by atoms with Crippen molar-refractivity contribution in [1.29, 1.82) is 0 Å². The van der Waals surface area contributed by atoms with Crippen molar-refractivity contribution in [2.45, 2.75) is 34.7 Å². The molecule has 0 unspecified atom stereocenters. The van der Waals surface area contributed by atoms with Gasteiger partial charge in [0.05, 0.1) is 61.5 Å². The number of hydrogen-bond donors (Lipinski definition) is 12. The van der Waals surface area contributed by atoms with Crippen LogP contribution in [0, 0.1) is 5.92 Å². The minimum atomic E-state index is -4.03. The zero-order valence-electron chi connectivity index (χ0n) is 39.9. The van der Waals surface area contributed by atoms with Crippen LogP contribution in [0.1, 0.15) is 12.8 Å². The van der Waals surface area contributed by atoms with Crippen LogP contribution in [0.25, 0.3) is 0 Å². The van der Waals surface area contributed by atoms with Crippen LogP contribution >= 0.6 is 21.6 Å². The maximum absolute atomic E-state index is 13.1. The maximum Gasteiger partial charge on any atom is 0.317 e. The van der Waals surface area contributed by atoms with Crippen molar-refractivity contribution in [2.75, 3.05) is 101 Å². The van der Waals surface area contributed by atoms with Crippen LogP contribution < -0.4 is 47.9 Å². The summed E-state index contributed by atoms with van der Waals surface area (Å²) in [4.78, 5) is 124. The topological polar surface area (TPSA) is 475 Å². The van der Waals surface area contributed by atoms with Gasteiger partial charge in [-0.05, 0) is 48.5 Å². The summed E-state index contributed by atoms with van der Waals surface area (Å²) in [7, 11) is -5.67. The fourth-order valence-corrected chi connectivity index (χ4v) is 9.08. The van der Waals surface area contributed by atoms with E-state index in [0.29, 0.717) is 5.75 Å². The van der Waals surface area contributed by atoms with E-state index in [1.54, 1.807) is 0 Å². The average molecular weight is 1140 g/mol. The largest absolute Gasteiger partial charge is 0.481 e. The molecule has 416 valence electrons. The summed E-state index contributed by atoms with van der Waals surface area (Å²) in [6.07, 6.45) is -1.12. The highest BCUT2D eigenvalue weighted by Crippen LogP contribution is 2.24. The number of carboxylic acids is 3. The van der Waals surface area contributed by atoms with Gasteiger partial charge in [0.15, 0.2) is 0 Å². The van der Waals surface area contributed by atoms with Crippen molar-refractivity contribution >= 4 is 113 Å². The van der Waals surface area contributed by atoms with Gasteiger partial charge in [0.2, 0.25) is 55.5 Å². The predicted octanol–water partition coefficient (Wildman–Crippen LogP) is -4.46. The third kappa shape index (κ3) is 28.1. The summed E-state index contributed by atoms with van der Waals surface area (Å²) >= 11 is 0. The van der Waals surface area contributed by atoms with Crippen LogP contribution in [0.4, 0.5) is 11.4 Å². The summed E-state index contributed by atoms with van der Waals surface area (Å²) in [6, 6.07) is 6.63. The Bertz CT molecular complexity index is 2510. The second-order valence-electron chi connectivity index (χ2n) is 15.7. The van der Waals surface area contributed by atoms with Gasteiger partial charge in [-0.15, -0.1) is 0 Å². The Morgan fingerprint density at radius 2 is 1.17 bits per heavy atom. The number of nitrogens with one attached hydrogen (secondary N) is 6. The fourth-order valence-electron chi connectivity index (χ4n) is 5.91. The Hall–Kier alpha value is -6.50. The lowest BCUT2D eigenvalue weighted by Gasteiger charge is -2.26. The SMILES string of the molecule is N[C@@H](CNC(=O)CCOCCNC(=O)CN(CCN(CC(=O)O)CC(=O)Nc1ccc(S(N)(=O)=O)cc1)CC(=O)Nc1ccc(S(N)(=O)=O)cc1)C(=O)N[C@H](CC(=O)O)C(=O)NC[C@@H](CSSCCOC=O)C(=O)O.